The molecule has 1 aliphatic heterocycles. The molecule has 4 nitrogen and oxygen atoms in total. The summed E-state index contributed by atoms with van der Waals surface area (Å²) < 4.78 is 29.3. The van der Waals surface area contributed by atoms with Gasteiger partial charge in [-0.2, -0.15) is 0 Å². The summed E-state index contributed by atoms with van der Waals surface area (Å²) in [6.45, 7) is -1.13. The highest BCUT2D eigenvalue weighted by Gasteiger charge is 2.52. The molecular formula is C17H24N2O2. The molecular weight excluding hydrogens is 264 g/mol. The lowest BCUT2D eigenvalue weighted by atomic mass is 9.62. The Morgan fingerprint density at radius 1 is 1.43 bits per heavy atom. The second-order valence-electron chi connectivity index (χ2n) is 6.17. The number of primary amides is 1. The van der Waals surface area contributed by atoms with E-state index < -0.39 is 18.5 Å². The molecule has 0 radical (unpaired) electrons. The summed E-state index contributed by atoms with van der Waals surface area (Å²) >= 11 is 0. The molecule has 1 amide bonds. The first-order chi connectivity index (χ1) is 11.3. The summed E-state index contributed by atoms with van der Waals surface area (Å²) in [6.07, 6.45) is 2.90. The Hall–Kier alpha value is -1.39. The zero-order valence-corrected chi connectivity index (χ0v) is 12.3. The Morgan fingerprint density at radius 2 is 2.14 bits per heavy atom. The highest BCUT2D eigenvalue weighted by molar-refractivity contribution is 5.92. The van der Waals surface area contributed by atoms with Crippen LogP contribution in [0.4, 0.5) is 0 Å². The summed E-state index contributed by atoms with van der Waals surface area (Å²) in [5.41, 5.74) is 6.27. The van der Waals surface area contributed by atoms with Gasteiger partial charge in [-0.25, -0.2) is 0 Å². The van der Waals surface area contributed by atoms with Crippen LogP contribution in [-0.4, -0.2) is 38.0 Å². The molecule has 1 saturated heterocycles. The Balaban J connectivity index is 2.03. The Morgan fingerprint density at radius 3 is 2.71 bits per heavy atom. The van der Waals surface area contributed by atoms with Crippen molar-refractivity contribution in [1.82, 2.24) is 4.90 Å². The van der Waals surface area contributed by atoms with Crippen molar-refractivity contribution in [2.24, 2.45) is 17.6 Å². The van der Waals surface area contributed by atoms with Crippen molar-refractivity contribution in [3.05, 3.63) is 35.4 Å². The molecule has 2 atom stereocenters. The minimum atomic E-state index is -2.08. The molecule has 2 fully saturated rings. The number of carbonyl (C=O) groups is 1. The van der Waals surface area contributed by atoms with E-state index in [1.807, 2.05) is 18.2 Å². The standard InChI is InChI=1S/C17H24N2O2/c1-19-10-14-7-4-8-15(11-19)17(14,21-2)13-6-3-5-12(9-13)16(18)20/h3,5-6,9,14-15H,4,7-8,10-11H2,1-2H3,(H2,18,20)/i1D3. The lowest BCUT2D eigenvalue weighted by molar-refractivity contribution is -0.165. The average molecular weight is 291 g/mol. The SMILES string of the molecule is [2H]C([2H])([2H])N1CC2CCCC(C1)C2(OC)c1cccc(C(N)=O)c1. The number of hydrogen-bond acceptors (Lipinski definition) is 3. The van der Waals surface area contributed by atoms with Gasteiger partial charge in [0, 0.05) is 41.7 Å². The number of ether oxygens (including phenoxy) is 1. The molecule has 0 spiro atoms. The van der Waals surface area contributed by atoms with Gasteiger partial charge in [0.1, 0.15) is 5.60 Å². The van der Waals surface area contributed by atoms with Crippen molar-refractivity contribution >= 4 is 5.91 Å². The summed E-state index contributed by atoms with van der Waals surface area (Å²) in [4.78, 5) is 13.2. The molecule has 2 bridgehead atoms. The Bertz CT molecular complexity index is 619. The zero-order valence-electron chi connectivity index (χ0n) is 15.3. The third-order valence-electron chi connectivity index (χ3n) is 5.14. The monoisotopic (exact) mass is 291 g/mol. The quantitative estimate of drug-likeness (QED) is 0.926. The molecule has 114 valence electrons. The number of likely N-dealkylation sites (tertiary alicyclic amines) is 1. The van der Waals surface area contributed by atoms with E-state index in [9.17, 15) is 4.79 Å². The fourth-order valence-corrected chi connectivity index (χ4v) is 4.27. The molecule has 0 aromatic heterocycles. The molecule has 3 rings (SSSR count). The number of hydrogen-bond donors (Lipinski definition) is 1. The number of nitrogens with two attached hydrogens (primary N) is 1. The van der Waals surface area contributed by atoms with Crippen molar-refractivity contribution < 1.29 is 13.6 Å². The van der Waals surface area contributed by atoms with Crippen molar-refractivity contribution in [2.75, 3.05) is 27.2 Å². The van der Waals surface area contributed by atoms with Gasteiger partial charge in [-0.05, 0) is 37.5 Å². The van der Waals surface area contributed by atoms with E-state index in [4.69, 9.17) is 14.6 Å². The number of nitrogens with zero attached hydrogens (tertiary/aromatic N) is 1. The van der Waals surface area contributed by atoms with Crippen molar-refractivity contribution in [2.45, 2.75) is 24.9 Å². The van der Waals surface area contributed by atoms with Gasteiger partial charge in [0.15, 0.2) is 0 Å². The van der Waals surface area contributed by atoms with Crippen molar-refractivity contribution in [3.63, 3.8) is 0 Å². The number of methoxy groups -OCH3 is 1. The fraction of sp³-hybridized carbons (Fsp3) is 0.588. The average Bonchev–Trinajstić information content (AvgIpc) is 2.52. The first-order valence-corrected chi connectivity index (χ1v) is 7.49. The van der Waals surface area contributed by atoms with Gasteiger partial charge in [-0.1, -0.05) is 18.6 Å². The van der Waals surface area contributed by atoms with Crippen LogP contribution < -0.4 is 5.73 Å². The van der Waals surface area contributed by atoms with Crippen LogP contribution in [0.25, 0.3) is 0 Å². The number of piperidine rings is 1. The Kier molecular flexibility index (Phi) is 2.90. The maximum atomic E-state index is 11.6. The van der Waals surface area contributed by atoms with E-state index in [0.29, 0.717) is 18.7 Å². The van der Waals surface area contributed by atoms with Gasteiger partial charge in [0.25, 0.3) is 0 Å². The molecule has 1 saturated carbocycles. The van der Waals surface area contributed by atoms with E-state index in [1.54, 1.807) is 18.1 Å². The molecule has 2 N–H and O–H groups in total. The minimum absolute atomic E-state index is 0.0820. The van der Waals surface area contributed by atoms with Crippen molar-refractivity contribution in [1.29, 1.82) is 0 Å². The number of rotatable bonds is 3. The molecule has 2 aliphatic rings. The molecule has 1 aliphatic carbocycles. The first-order valence-electron chi connectivity index (χ1n) is 8.99. The third-order valence-corrected chi connectivity index (χ3v) is 5.14. The molecule has 1 aromatic carbocycles. The highest BCUT2D eigenvalue weighted by atomic mass is 16.5. The van der Waals surface area contributed by atoms with E-state index in [1.165, 1.54) is 0 Å². The predicted molar refractivity (Wildman–Crippen MR) is 82.0 cm³/mol. The van der Waals surface area contributed by atoms with Crippen LogP contribution in [0, 0.1) is 11.8 Å². The number of carbonyl (C=O) groups excluding carboxylic acids is 1. The van der Waals surface area contributed by atoms with Crippen molar-refractivity contribution in [3.8, 4) is 0 Å². The smallest absolute Gasteiger partial charge is 0.248 e. The summed E-state index contributed by atoms with van der Waals surface area (Å²) in [7, 11) is 1.69. The lowest BCUT2D eigenvalue weighted by Crippen LogP contribution is -2.58. The largest absolute Gasteiger partial charge is 0.373 e. The number of amides is 1. The van der Waals surface area contributed by atoms with E-state index in [2.05, 4.69) is 0 Å². The van der Waals surface area contributed by atoms with Gasteiger partial charge in [-0.15, -0.1) is 0 Å². The van der Waals surface area contributed by atoms with Gasteiger partial charge in [-0.3, -0.25) is 4.79 Å². The van der Waals surface area contributed by atoms with E-state index >= 15 is 0 Å². The number of fused-ring (bicyclic) bond motifs is 2. The second kappa shape index (κ2) is 5.43. The summed E-state index contributed by atoms with van der Waals surface area (Å²) in [5.74, 6) is -0.301. The van der Waals surface area contributed by atoms with Crippen LogP contribution in [0.15, 0.2) is 24.3 Å². The van der Waals surface area contributed by atoms with Crippen LogP contribution in [0.5, 0.6) is 0 Å². The van der Waals surface area contributed by atoms with Gasteiger partial charge in [0.05, 0.1) is 0 Å². The molecule has 1 aromatic rings. The fourth-order valence-electron chi connectivity index (χ4n) is 4.27. The summed E-state index contributed by atoms with van der Waals surface area (Å²) in [6, 6.07) is 7.29. The maximum Gasteiger partial charge on any atom is 0.248 e. The topological polar surface area (TPSA) is 55.6 Å². The normalized spacial score (nSPS) is 35.6. The van der Waals surface area contributed by atoms with Crippen LogP contribution >= 0.6 is 0 Å². The molecule has 21 heavy (non-hydrogen) atoms. The van der Waals surface area contributed by atoms with E-state index in [-0.39, 0.29) is 11.8 Å². The first kappa shape index (κ1) is 11.2. The minimum Gasteiger partial charge on any atom is -0.373 e. The maximum absolute atomic E-state index is 11.6. The van der Waals surface area contributed by atoms with Gasteiger partial charge < -0.3 is 15.4 Å². The van der Waals surface area contributed by atoms with Gasteiger partial charge in [0.2, 0.25) is 5.91 Å². The summed E-state index contributed by atoms with van der Waals surface area (Å²) in [5, 5.41) is 0. The van der Waals surface area contributed by atoms with E-state index in [0.717, 1.165) is 24.8 Å². The third kappa shape index (κ3) is 2.27. The number of benzene rings is 1. The molecule has 1 heterocycles. The Labute approximate surface area is 130 Å². The molecule has 4 heteroatoms. The predicted octanol–water partition coefficient (Wildman–Crippen LogP) is 1.99. The van der Waals surface area contributed by atoms with Gasteiger partial charge >= 0.3 is 0 Å². The van der Waals surface area contributed by atoms with Crippen LogP contribution in [0.2, 0.25) is 0 Å². The zero-order chi connectivity index (χ0) is 17.5. The van der Waals surface area contributed by atoms with Crippen LogP contribution in [0.3, 0.4) is 0 Å². The van der Waals surface area contributed by atoms with Crippen LogP contribution in [-0.2, 0) is 10.3 Å². The lowest BCUT2D eigenvalue weighted by Gasteiger charge is -2.54. The second-order valence-corrected chi connectivity index (χ2v) is 6.17. The highest BCUT2D eigenvalue weighted by Crippen LogP contribution is 2.51. The molecule has 2 unspecified atom stereocenters. The van der Waals surface area contributed by atoms with Crippen LogP contribution in [0.1, 0.15) is 39.3 Å².